The number of benzene rings is 1. The fraction of sp³-hybridized carbons (Fsp3) is 0.619. The fourth-order valence-corrected chi connectivity index (χ4v) is 4.77. The van der Waals surface area contributed by atoms with E-state index in [-0.39, 0.29) is 48.9 Å². The van der Waals surface area contributed by atoms with Gasteiger partial charge in [0.1, 0.15) is 0 Å². The Hall–Kier alpha value is -1.97. The zero-order chi connectivity index (χ0) is 22.5. The number of hydrogen-bond acceptors (Lipinski definition) is 5. The molecule has 8 nitrogen and oxygen atoms in total. The van der Waals surface area contributed by atoms with E-state index in [1.807, 2.05) is 26.0 Å². The van der Waals surface area contributed by atoms with Crippen molar-refractivity contribution in [2.24, 2.45) is 0 Å². The maximum Gasteiger partial charge on any atom is 0.243 e. The van der Waals surface area contributed by atoms with E-state index in [0.717, 1.165) is 5.56 Å². The molecule has 1 heterocycles. The summed E-state index contributed by atoms with van der Waals surface area (Å²) in [6.45, 7) is 9.36. The van der Waals surface area contributed by atoms with E-state index in [1.165, 1.54) is 4.31 Å². The van der Waals surface area contributed by atoms with Crippen LogP contribution in [0.2, 0.25) is 0 Å². The van der Waals surface area contributed by atoms with E-state index in [0.29, 0.717) is 19.0 Å². The molecule has 0 radical (unpaired) electrons. The van der Waals surface area contributed by atoms with Crippen LogP contribution in [0.3, 0.4) is 0 Å². The van der Waals surface area contributed by atoms with Gasteiger partial charge in [-0.2, -0.15) is 4.31 Å². The van der Waals surface area contributed by atoms with Gasteiger partial charge in [0.25, 0.3) is 0 Å². The minimum Gasteiger partial charge on any atom is -0.353 e. The van der Waals surface area contributed by atoms with E-state index < -0.39 is 10.0 Å². The lowest BCUT2D eigenvalue weighted by molar-refractivity contribution is -0.133. The molecule has 0 aliphatic carbocycles. The number of nitrogens with zero attached hydrogens (tertiary/aromatic N) is 3. The lowest BCUT2D eigenvalue weighted by Gasteiger charge is -2.34. The second-order valence-corrected chi connectivity index (χ2v) is 10.3. The number of carbonyl (C=O) groups is 2. The van der Waals surface area contributed by atoms with Crippen molar-refractivity contribution >= 4 is 21.8 Å². The third-order valence-electron chi connectivity index (χ3n) is 5.04. The standard InChI is InChI=1S/C21H34N4O4S/c1-16(2)18-6-8-19(9-7-18)30(28,29)25-12-10-24(11-13-25)21(27)15-23(5)14-20(26)22-17(3)4/h6-9,16-17H,10-15H2,1-5H3,(H,22,26). The Kier molecular flexibility index (Phi) is 8.40. The predicted octanol–water partition coefficient (Wildman–Crippen LogP) is 1.10. The first-order chi connectivity index (χ1) is 14.0. The molecule has 1 fully saturated rings. The number of likely N-dealkylation sites (N-methyl/N-ethyl adjacent to an activating group) is 1. The summed E-state index contributed by atoms with van der Waals surface area (Å²) in [5.74, 6) is 0.110. The zero-order valence-electron chi connectivity index (χ0n) is 18.6. The van der Waals surface area contributed by atoms with E-state index in [4.69, 9.17) is 0 Å². The number of piperazine rings is 1. The topological polar surface area (TPSA) is 90.0 Å². The molecule has 2 rings (SSSR count). The van der Waals surface area contributed by atoms with Gasteiger partial charge in [-0.3, -0.25) is 14.5 Å². The number of carbonyl (C=O) groups excluding carboxylic acids is 2. The molecule has 1 aromatic carbocycles. The normalized spacial score (nSPS) is 15.8. The summed E-state index contributed by atoms with van der Waals surface area (Å²) in [6.07, 6.45) is 0. The minimum absolute atomic E-state index is 0.0539. The fourth-order valence-electron chi connectivity index (χ4n) is 3.35. The van der Waals surface area contributed by atoms with Crippen LogP contribution in [0.25, 0.3) is 0 Å². The third kappa shape index (κ3) is 6.52. The van der Waals surface area contributed by atoms with Gasteiger partial charge in [0.15, 0.2) is 0 Å². The van der Waals surface area contributed by atoms with E-state index in [9.17, 15) is 18.0 Å². The maximum absolute atomic E-state index is 12.9. The monoisotopic (exact) mass is 438 g/mol. The second kappa shape index (κ2) is 10.4. The van der Waals surface area contributed by atoms with Gasteiger partial charge in [0.2, 0.25) is 21.8 Å². The molecule has 0 aromatic heterocycles. The van der Waals surface area contributed by atoms with Crippen LogP contribution in [0.5, 0.6) is 0 Å². The zero-order valence-corrected chi connectivity index (χ0v) is 19.4. The maximum atomic E-state index is 12.9. The van der Waals surface area contributed by atoms with Crippen LogP contribution in [0.1, 0.15) is 39.2 Å². The Morgan fingerprint density at radius 3 is 2.07 bits per heavy atom. The summed E-state index contributed by atoms with van der Waals surface area (Å²) in [6, 6.07) is 7.06. The van der Waals surface area contributed by atoms with Crippen molar-refractivity contribution in [2.45, 2.75) is 44.6 Å². The van der Waals surface area contributed by atoms with Crippen molar-refractivity contribution in [1.82, 2.24) is 19.4 Å². The largest absolute Gasteiger partial charge is 0.353 e. The molecule has 0 spiro atoms. The minimum atomic E-state index is -3.57. The van der Waals surface area contributed by atoms with Gasteiger partial charge < -0.3 is 10.2 Å². The Morgan fingerprint density at radius 1 is 1.00 bits per heavy atom. The van der Waals surface area contributed by atoms with Crippen LogP contribution < -0.4 is 5.32 Å². The molecule has 0 atom stereocenters. The molecule has 1 aromatic rings. The molecule has 168 valence electrons. The molecular weight excluding hydrogens is 404 g/mol. The average molecular weight is 439 g/mol. The van der Waals surface area contributed by atoms with E-state index in [1.54, 1.807) is 29.0 Å². The quantitative estimate of drug-likeness (QED) is 0.656. The molecule has 0 bridgehead atoms. The second-order valence-electron chi connectivity index (χ2n) is 8.40. The van der Waals surface area contributed by atoms with Crippen LogP contribution in [-0.4, -0.2) is 86.7 Å². The molecule has 2 amide bonds. The molecular formula is C21H34N4O4S. The highest BCUT2D eigenvalue weighted by Gasteiger charge is 2.30. The first-order valence-corrected chi connectivity index (χ1v) is 11.8. The molecule has 1 N–H and O–H groups in total. The van der Waals surface area contributed by atoms with Crippen molar-refractivity contribution < 1.29 is 18.0 Å². The molecule has 9 heteroatoms. The highest BCUT2D eigenvalue weighted by molar-refractivity contribution is 7.89. The van der Waals surface area contributed by atoms with Gasteiger partial charge in [0.05, 0.1) is 18.0 Å². The molecule has 1 saturated heterocycles. The van der Waals surface area contributed by atoms with Crippen LogP contribution in [-0.2, 0) is 19.6 Å². The summed E-state index contributed by atoms with van der Waals surface area (Å²) >= 11 is 0. The van der Waals surface area contributed by atoms with Gasteiger partial charge in [-0.15, -0.1) is 0 Å². The van der Waals surface area contributed by atoms with Crippen LogP contribution >= 0.6 is 0 Å². The highest BCUT2D eigenvalue weighted by atomic mass is 32.2. The van der Waals surface area contributed by atoms with Gasteiger partial charge in [-0.1, -0.05) is 26.0 Å². The Labute approximate surface area is 180 Å². The number of rotatable bonds is 8. The highest BCUT2D eigenvalue weighted by Crippen LogP contribution is 2.21. The van der Waals surface area contributed by atoms with Crippen molar-refractivity contribution in [2.75, 3.05) is 46.3 Å². The number of nitrogens with one attached hydrogen (secondary N) is 1. The van der Waals surface area contributed by atoms with Crippen LogP contribution in [0.4, 0.5) is 0 Å². The molecule has 1 aliphatic heterocycles. The Bertz CT molecular complexity index is 829. The summed E-state index contributed by atoms with van der Waals surface area (Å²) in [7, 11) is -1.85. The molecule has 0 saturated carbocycles. The number of sulfonamides is 1. The van der Waals surface area contributed by atoms with E-state index >= 15 is 0 Å². The predicted molar refractivity (Wildman–Crippen MR) is 117 cm³/mol. The Morgan fingerprint density at radius 2 is 1.57 bits per heavy atom. The average Bonchev–Trinajstić information content (AvgIpc) is 2.67. The first kappa shape index (κ1) is 24.3. The van der Waals surface area contributed by atoms with Crippen LogP contribution in [0.15, 0.2) is 29.2 Å². The molecule has 1 aliphatic rings. The van der Waals surface area contributed by atoms with Crippen molar-refractivity contribution in [3.63, 3.8) is 0 Å². The lowest BCUT2D eigenvalue weighted by Crippen LogP contribution is -2.52. The van der Waals surface area contributed by atoms with Crippen molar-refractivity contribution in [1.29, 1.82) is 0 Å². The third-order valence-corrected chi connectivity index (χ3v) is 6.96. The van der Waals surface area contributed by atoms with Gasteiger partial charge in [0, 0.05) is 32.2 Å². The summed E-state index contributed by atoms with van der Waals surface area (Å²) in [4.78, 5) is 27.9. The smallest absolute Gasteiger partial charge is 0.243 e. The summed E-state index contributed by atoms with van der Waals surface area (Å²) in [5.41, 5.74) is 1.09. The molecule has 0 unspecified atom stereocenters. The lowest BCUT2D eigenvalue weighted by atomic mass is 10.0. The first-order valence-electron chi connectivity index (χ1n) is 10.4. The van der Waals surface area contributed by atoms with Crippen molar-refractivity contribution in [3.05, 3.63) is 29.8 Å². The van der Waals surface area contributed by atoms with E-state index in [2.05, 4.69) is 19.2 Å². The van der Waals surface area contributed by atoms with Gasteiger partial charge in [-0.25, -0.2) is 8.42 Å². The number of hydrogen-bond donors (Lipinski definition) is 1. The summed E-state index contributed by atoms with van der Waals surface area (Å²) < 4.78 is 27.2. The van der Waals surface area contributed by atoms with Crippen LogP contribution in [0, 0.1) is 0 Å². The molecule has 30 heavy (non-hydrogen) atoms. The SMILES string of the molecule is CC(C)NC(=O)CN(C)CC(=O)N1CCN(S(=O)(=O)c2ccc(C(C)C)cc2)CC1. The van der Waals surface area contributed by atoms with Crippen molar-refractivity contribution in [3.8, 4) is 0 Å². The summed E-state index contributed by atoms with van der Waals surface area (Å²) in [5, 5.41) is 2.80. The van der Waals surface area contributed by atoms with Gasteiger partial charge in [-0.05, 0) is 44.5 Å². The Balaban J connectivity index is 1.89. The number of amides is 2. The van der Waals surface area contributed by atoms with Gasteiger partial charge >= 0.3 is 0 Å².